The Balaban J connectivity index is 2.11. The highest BCUT2D eigenvalue weighted by atomic mass is 16.5. The third kappa shape index (κ3) is 2.78. The first-order chi connectivity index (χ1) is 8.35. The van der Waals surface area contributed by atoms with Crippen molar-refractivity contribution in [2.24, 2.45) is 0 Å². The molecule has 0 radical (unpaired) electrons. The predicted molar refractivity (Wildman–Crippen MR) is 66.9 cm³/mol. The van der Waals surface area contributed by atoms with Crippen molar-refractivity contribution in [2.75, 3.05) is 13.7 Å². The van der Waals surface area contributed by atoms with E-state index in [2.05, 4.69) is 23.5 Å². The van der Waals surface area contributed by atoms with Crippen LogP contribution in [-0.2, 0) is 6.42 Å². The van der Waals surface area contributed by atoms with Crippen LogP contribution in [0, 0.1) is 11.3 Å². The van der Waals surface area contributed by atoms with Crippen LogP contribution in [-0.4, -0.2) is 13.7 Å². The molecule has 0 amide bonds. The number of nitriles is 1. The van der Waals surface area contributed by atoms with Crippen LogP contribution in [0.25, 0.3) is 0 Å². The van der Waals surface area contributed by atoms with Crippen molar-refractivity contribution in [1.29, 1.82) is 5.26 Å². The van der Waals surface area contributed by atoms with Gasteiger partial charge in [-0.25, -0.2) is 0 Å². The fraction of sp³-hybridized carbons (Fsp3) is 0.500. The van der Waals surface area contributed by atoms with Crippen molar-refractivity contribution in [2.45, 2.75) is 31.7 Å². The van der Waals surface area contributed by atoms with Gasteiger partial charge < -0.3 is 10.1 Å². The molecule has 0 saturated heterocycles. The summed E-state index contributed by atoms with van der Waals surface area (Å²) in [5.74, 6) is 0.932. The largest absolute Gasteiger partial charge is 0.497 e. The zero-order valence-electron chi connectivity index (χ0n) is 10.2. The molecule has 0 heterocycles. The van der Waals surface area contributed by atoms with E-state index in [1.165, 1.54) is 17.5 Å². The standard InChI is InChI=1S/C14H18N2O/c1-17-12-6-7-13-11(10-12)4-2-5-14(13)16-9-3-8-15/h6-7,10,14,16H,2-5,9H2,1H3/t14-/m0/s1. The van der Waals surface area contributed by atoms with E-state index >= 15 is 0 Å². The fourth-order valence-corrected chi connectivity index (χ4v) is 2.43. The van der Waals surface area contributed by atoms with E-state index in [9.17, 15) is 0 Å². The van der Waals surface area contributed by atoms with Crippen LogP contribution in [0.2, 0.25) is 0 Å². The van der Waals surface area contributed by atoms with Gasteiger partial charge in [0.15, 0.2) is 0 Å². The Morgan fingerprint density at radius 1 is 1.53 bits per heavy atom. The maximum absolute atomic E-state index is 8.55. The highest BCUT2D eigenvalue weighted by Gasteiger charge is 2.19. The molecule has 2 rings (SSSR count). The van der Waals surface area contributed by atoms with Gasteiger partial charge in [0.25, 0.3) is 0 Å². The Morgan fingerprint density at radius 2 is 2.41 bits per heavy atom. The highest BCUT2D eigenvalue weighted by molar-refractivity contribution is 5.39. The van der Waals surface area contributed by atoms with Crippen LogP contribution in [0.5, 0.6) is 5.75 Å². The van der Waals surface area contributed by atoms with E-state index in [1.807, 2.05) is 6.07 Å². The van der Waals surface area contributed by atoms with E-state index < -0.39 is 0 Å². The summed E-state index contributed by atoms with van der Waals surface area (Å²) in [6.07, 6.45) is 4.06. The molecule has 3 heteroatoms. The van der Waals surface area contributed by atoms with Gasteiger partial charge in [0.2, 0.25) is 0 Å². The first kappa shape index (κ1) is 11.9. The second kappa shape index (κ2) is 5.70. The molecular formula is C14H18N2O. The summed E-state index contributed by atoms with van der Waals surface area (Å²) in [4.78, 5) is 0. The minimum Gasteiger partial charge on any atom is -0.497 e. The van der Waals surface area contributed by atoms with Crippen LogP contribution in [0.1, 0.15) is 36.4 Å². The molecular weight excluding hydrogens is 212 g/mol. The average Bonchev–Trinajstić information content (AvgIpc) is 2.38. The van der Waals surface area contributed by atoms with Crippen molar-refractivity contribution in [3.8, 4) is 11.8 Å². The molecule has 90 valence electrons. The zero-order valence-corrected chi connectivity index (χ0v) is 10.2. The van der Waals surface area contributed by atoms with Gasteiger partial charge in [-0.2, -0.15) is 5.26 Å². The number of hydrogen-bond acceptors (Lipinski definition) is 3. The molecule has 3 nitrogen and oxygen atoms in total. The van der Waals surface area contributed by atoms with E-state index in [-0.39, 0.29) is 0 Å². The van der Waals surface area contributed by atoms with Gasteiger partial charge in [0.1, 0.15) is 5.75 Å². The van der Waals surface area contributed by atoms with Crippen molar-refractivity contribution >= 4 is 0 Å². The van der Waals surface area contributed by atoms with E-state index in [4.69, 9.17) is 10.00 Å². The first-order valence-electron chi connectivity index (χ1n) is 6.12. The molecule has 0 spiro atoms. The van der Waals surface area contributed by atoms with Gasteiger partial charge in [0.05, 0.1) is 13.2 Å². The van der Waals surface area contributed by atoms with Crippen LogP contribution in [0.3, 0.4) is 0 Å². The number of nitrogens with one attached hydrogen (secondary N) is 1. The lowest BCUT2D eigenvalue weighted by Crippen LogP contribution is -2.25. The van der Waals surface area contributed by atoms with Gasteiger partial charge >= 0.3 is 0 Å². The Hall–Kier alpha value is -1.53. The number of methoxy groups -OCH3 is 1. The van der Waals surface area contributed by atoms with Gasteiger partial charge in [-0.05, 0) is 42.5 Å². The van der Waals surface area contributed by atoms with Crippen molar-refractivity contribution in [3.05, 3.63) is 29.3 Å². The lowest BCUT2D eigenvalue weighted by atomic mass is 9.87. The van der Waals surface area contributed by atoms with E-state index in [0.717, 1.165) is 25.1 Å². The number of benzene rings is 1. The summed E-state index contributed by atoms with van der Waals surface area (Å²) in [7, 11) is 1.70. The molecule has 1 aliphatic rings. The maximum Gasteiger partial charge on any atom is 0.119 e. The summed E-state index contributed by atoms with van der Waals surface area (Å²) < 4.78 is 5.25. The number of fused-ring (bicyclic) bond motifs is 1. The van der Waals surface area contributed by atoms with Crippen molar-refractivity contribution in [1.82, 2.24) is 5.32 Å². The number of nitrogens with zero attached hydrogens (tertiary/aromatic N) is 1. The first-order valence-corrected chi connectivity index (χ1v) is 6.12. The molecule has 1 N–H and O–H groups in total. The lowest BCUT2D eigenvalue weighted by molar-refractivity contribution is 0.411. The quantitative estimate of drug-likeness (QED) is 0.808. The van der Waals surface area contributed by atoms with Crippen molar-refractivity contribution < 1.29 is 4.74 Å². The van der Waals surface area contributed by atoms with Crippen LogP contribution < -0.4 is 10.1 Å². The smallest absolute Gasteiger partial charge is 0.119 e. The second-order valence-electron chi connectivity index (χ2n) is 4.37. The van der Waals surface area contributed by atoms with Crippen molar-refractivity contribution in [3.63, 3.8) is 0 Å². The molecule has 0 saturated carbocycles. The normalized spacial score (nSPS) is 18.2. The number of rotatable bonds is 4. The SMILES string of the molecule is COc1ccc2c(c1)CCC[C@@H]2NCCC#N. The molecule has 0 aromatic heterocycles. The van der Waals surface area contributed by atoms with Gasteiger partial charge in [-0.1, -0.05) is 6.07 Å². The number of aryl methyl sites for hydroxylation is 1. The minimum atomic E-state index is 0.401. The molecule has 1 atom stereocenters. The van der Waals surface area contributed by atoms with E-state index in [0.29, 0.717) is 12.5 Å². The Kier molecular flexibility index (Phi) is 4.00. The monoisotopic (exact) mass is 230 g/mol. The fourth-order valence-electron chi connectivity index (χ4n) is 2.43. The lowest BCUT2D eigenvalue weighted by Gasteiger charge is -2.26. The molecule has 0 unspecified atom stereocenters. The summed E-state index contributed by atoms with van der Waals surface area (Å²) in [5, 5.41) is 12.0. The topological polar surface area (TPSA) is 45.0 Å². The van der Waals surface area contributed by atoms with Gasteiger partial charge in [0, 0.05) is 19.0 Å². The van der Waals surface area contributed by atoms with E-state index in [1.54, 1.807) is 7.11 Å². The maximum atomic E-state index is 8.55. The molecule has 17 heavy (non-hydrogen) atoms. The second-order valence-corrected chi connectivity index (χ2v) is 4.37. The molecule has 0 bridgehead atoms. The number of ether oxygens (including phenoxy) is 1. The molecule has 1 aliphatic carbocycles. The number of hydrogen-bond donors (Lipinski definition) is 1. The summed E-state index contributed by atoms with van der Waals surface area (Å²) >= 11 is 0. The van der Waals surface area contributed by atoms with Gasteiger partial charge in [-0.3, -0.25) is 0 Å². The summed E-state index contributed by atoms with van der Waals surface area (Å²) in [6, 6.07) is 8.87. The third-order valence-corrected chi connectivity index (χ3v) is 3.29. The van der Waals surface area contributed by atoms with Crippen LogP contribution in [0.15, 0.2) is 18.2 Å². The summed E-state index contributed by atoms with van der Waals surface area (Å²) in [6.45, 7) is 0.770. The molecule has 0 aliphatic heterocycles. The molecule has 1 aromatic rings. The molecule has 1 aromatic carbocycles. The average molecular weight is 230 g/mol. The third-order valence-electron chi connectivity index (χ3n) is 3.29. The Bertz CT molecular complexity index is 423. The minimum absolute atomic E-state index is 0.401. The van der Waals surface area contributed by atoms with Crippen LogP contribution in [0.4, 0.5) is 0 Å². The highest BCUT2D eigenvalue weighted by Crippen LogP contribution is 2.31. The Morgan fingerprint density at radius 3 is 3.18 bits per heavy atom. The Labute approximate surface area is 102 Å². The predicted octanol–water partition coefficient (Wildman–Crippen LogP) is 2.58. The van der Waals surface area contributed by atoms with Gasteiger partial charge in [-0.15, -0.1) is 0 Å². The molecule has 0 fully saturated rings. The zero-order chi connectivity index (χ0) is 12.1. The summed E-state index contributed by atoms with van der Waals surface area (Å²) in [5.41, 5.74) is 2.75. The van der Waals surface area contributed by atoms with Crippen LogP contribution >= 0.6 is 0 Å².